The summed E-state index contributed by atoms with van der Waals surface area (Å²) in [5.74, 6) is 0.327. The van der Waals surface area contributed by atoms with Crippen molar-refractivity contribution in [2.45, 2.75) is 39.0 Å². The van der Waals surface area contributed by atoms with E-state index < -0.39 is 5.54 Å². The number of aryl methyl sites for hydroxylation is 1. The summed E-state index contributed by atoms with van der Waals surface area (Å²) >= 11 is 1.57. The summed E-state index contributed by atoms with van der Waals surface area (Å²) in [6.45, 7) is 4.78. The summed E-state index contributed by atoms with van der Waals surface area (Å²) in [4.78, 5) is 30.3. The molecule has 0 saturated heterocycles. The second-order valence-corrected chi connectivity index (χ2v) is 10.1. The van der Waals surface area contributed by atoms with Gasteiger partial charge in [-0.15, -0.1) is 11.3 Å². The van der Waals surface area contributed by atoms with Gasteiger partial charge in [0, 0.05) is 13.1 Å². The maximum atomic E-state index is 13.9. The van der Waals surface area contributed by atoms with Gasteiger partial charge in [-0.3, -0.25) is 14.3 Å². The largest absolute Gasteiger partial charge is 0.497 e. The fourth-order valence-corrected chi connectivity index (χ4v) is 5.19. The van der Waals surface area contributed by atoms with Crippen LogP contribution in [-0.4, -0.2) is 39.1 Å². The van der Waals surface area contributed by atoms with Crippen molar-refractivity contribution in [1.82, 2.24) is 20.0 Å². The van der Waals surface area contributed by atoms with Gasteiger partial charge in [-0.1, -0.05) is 42.5 Å². The molecule has 0 aliphatic carbocycles. The van der Waals surface area contributed by atoms with Crippen LogP contribution >= 0.6 is 11.3 Å². The number of methoxy groups -OCH3 is 1. The number of carbonyl (C=O) groups is 2. The fraction of sp³-hybridized carbons (Fsp3) is 0.250. The average Bonchev–Trinajstić information content (AvgIpc) is 3.57. The van der Waals surface area contributed by atoms with Crippen LogP contribution in [0.2, 0.25) is 0 Å². The van der Waals surface area contributed by atoms with Crippen molar-refractivity contribution in [3.8, 4) is 16.3 Å². The number of hydrogen-bond donors (Lipinski definition) is 1. The number of thiophene rings is 1. The van der Waals surface area contributed by atoms with E-state index in [-0.39, 0.29) is 18.4 Å². The maximum Gasteiger partial charge on any atom is 0.273 e. The molecular formula is C28H28N4O3S. The quantitative estimate of drug-likeness (QED) is 0.401. The molecule has 1 aliphatic heterocycles. The van der Waals surface area contributed by atoms with Gasteiger partial charge >= 0.3 is 0 Å². The van der Waals surface area contributed by atoms with Crippen molar-refractivity contribution < 1.29 is 14.3 Å². The second kappa shape index (κ2) is 9.62. The Bertz CT molecular complexity index is 1390. The molecule has 8 heteroatoms. The molecule has 2 aromatic carbocycles. The molecular weight excluding hydrogens is 472 g/mol. The molecule has 2 aromatic heterocycles. The Kier molecular flexibility index (Phi) is 6.36. The van der Waals surface area contributed by atoms with Gasteiger partial charge in [0.15, 0.2) is 0 Å². The third kappa shape index (κ3) is 4.40. The minimum Gasteiger partial charge on any atom is -0.497 e. The number of amides is 2. The second-order valence-electron chi connectivity index (χ2n) is 9.17. The van der Waals surface area contributed by atoms with Gasteiger partial charge in [-0.05, 0) is 60.2 Å². The van der Waals surface area contributed by atoms with E-state index in [1.165, 1.54) is 0 Å². The van der Waals surface area contributed by atoms with Crippen molar-refractivity contribution in [2.24, 2.45) is 0 Å². The van der Waals surface area contributed by atoms with Crippen molar-refractivity contribution >= 4 is 23.2 Å². The molecule has 1 aliphatic rings. The number of carbonyl (C=O) groups excluding carboxylic acids is 2. The van der Waals surface area contributed by atoms with E-state index in [1.54, 1.807) is 28.0 Å². The van der Waals surface area contributed by atoms with Crippen LogP contribution in [0, 0.1) is 6.92 Å². The lowest BCUT2D eigenvalue weighted by Crippen LogP contribution is -2.63. The van der Waals surface area contributed by atoms with Gasteiger partial charge in [0.1, 0.15) is 22.7 Å². The molecule has 0 fully saturated rings. The number of ether oxygens (including phenoxy) is 1. The molecule has 36 heavy (non-hydrogen) atoms. The van der Waals surface area contributed by atoms with Crippen LogP contribution in [0.1, 0.15) is 34.1 Å². The van der Waals surface area contributed by atoms with Crippen molar-refractivity contribution in [2.75, 3.05) is 7.11 Å². The predicted molar refractivity (Wildman–Crippen MR) is 140 cm³/mol. The van der Waals surface area contributed by atoms with Crippen LogP contribution in [0.5, 0.6) is 5.75 Å². The van der Waals surface area contributed by atoms with Gasteiger partial charge in [0.2, 0.25) is 5.91 Å². The van der Waals surface area contributed by atoms with Gasteiger partial charge < -0.3 is 15.0 Å². The summed E-state index contributed by atoms with van der Waals surface area (Å²) in [5.41, 5.74) is 3.13. The number of nitrogens with zero attached hydrogens (tertiary/aromatic N) is 3. The minimum absolute atomic E-state index is 0.207. The van der Waals surface area contributed by atoms with Crippen LogP contribution in [0.25, 0.3) is 10.6 Å². The Morgan fingerprint density at radius 1 is 1.14 bits per heavy atom. The minimum atomic E-state index is -1.13. The number of rotatable bonds is 7. The topological polar surface area (TPSA) is 76.5 Å². The number of benzene rings is 2. The van der Waals surface area contributed by atoms with Crippen LogP contribution in [0.4, 0.5) is 0 Å². The molecule has 5 rings (SSSR count). The Labute approximate surface area is 214 Å². The first-order valence-electron chi connectivity index (χ1n) is 11.8. The van der Waals surface area contributed by atoms with Crippen molar-refractivity contribution in [3.05, 3.63) is 94.5 Å². The molecule has 4 aromatic rings. The van der Waals surface area contributed by atoms with Crippen LogP contribution in [0.3, 0.4) is 0 Å². The molecule has 0 spiro atoms. The molecule has 184 valence electrons. The van der Waals surface area contributed by atoms with Crippen molar-refractivity contribution in [3.63, 3.8) is 0 Å². The van der Waals surface area contributed by atoms with E-state index in [0.29, 0.717) is 18.8 Å². The normalized spacial score (nSPS) is 17.1. The third-order valence-electron chi connectivity index (χ3n) is 6.76. The molecule has 3 heterocycles. The van der Waals surface area contributed by atoms with Crippen LogP contribution < -0.4 is 10.1 Å². The first-order valence-corrected chi connectivity index (χ1v) is 12.7. The first-order chi connectivity index (χ1) is 17.4. The highest BCUT2D eigenvalue weighted by atomic mass is 32.1. The standard InChI is InChI=1S/C28H28N4O3S/c1-19-7-4-5-8-21(19)17-31-26(33)24-15-23(25-9-6-14-36-25)30-32(24)18-28(31,2)27(34)29-16-20-10-12-22(35-3)13-11-20/h4-15H,16-18H2,1-3H3,(H,29,34)/t28-/m0/s1. The average molecular weight is 501 g/mol. The maximum absolute atomic E-state index is 13.9. The summed E-state index contributed by atoms with van der Waals surface area (Å²) in [6.07, 6.45) is 0. The van der Waals surface area contributed by atoms with E-state index in [2.05, 4.69) is 5.32 Å². The number of fused-ring (bicyclic) bond motifs is 1. The van der Waals surface area contributed by atoms with Crippen LogP contribution in [-0.2, 0) is 24.4 Å². The lowest BCUT2D eigenvalue weighted by Gasteiger charge is -2.43. The lowest BCUT2D eigenvalue weighted by molar-refractivity contribution is -0.133. The third-order valence-corrected chi connectivity index (χ3v) is 7.65. The Hall–Kier alpha value is -3.91. The Balaban J connectivity index is 1.47. The van der Waals surface area contributed by atoms with E-state index in [1.807, 2.05) is 86.0 Å². The number of aromatic nitrogens is 2. The number of nitrogens with one attached hydrogen (secondary N) is 1. The summed E-state index contributed by atoms with van der Waals surface area (Å²) in [6, 6.07) is 21.3. The highest BCUT2D eigenvalue weighted by Crippen LogP contribution is 2.33. The highest BCUT2D eigenvalue weighted by Gasteiger charge is 2.48. The van der Waals surface area contributed by atoms with Gasteiger partial charge in [-0.25, -0.2) is 0 Å². The van der Waals surface area contributed by atoms with E-state index >= 15 is 0 Å². The van der Waals surface area contributed by atoms with Gasteiger partial charge in [0.05, 0.1) is 18.5 Å². The molecule has 0 unspecified atom stereocenters. The zero-order valence-corrected chi connectivity index (χ0v) is 21.3. The van der Waals surface area contributed by atoms with Crippen molar-refractivity contribution in [1.29, 1.82) is 0 Å². The van der Waals surface area contributed by atoms with Gasteiger partial charge in [0.25, 0.3) is 5.91 Å². The molecule has 1 N–H and O–H groups in total. The molecule has 0 bridgehead atoms. The fourth-order valence-electron chi connectivity index (χ4n) is 4.51. The molecule has 0 radical (unpaired) electrons. The molecule has 2 amide bonds. The van der Waals surface area contributed by atoms with E-state index in [4.69, 9.17) is 9.84 Å². The smallest absolute Gasteiger partial charge is 0.273 e. The van der Waals surface area contributed by atoms with E-state index in [0.717, 1.165) is 33.0 Å². The Morgan fingerprint density at radius 3 is 2.61 bits per heavy atom. The molecule has 7 nitrogen and oxygen atoms in total. The first kappa shape index (κ1) is 23.8. The molecule has 0 saturated carbocycles. The lowest BCUT2D eigenvalue weighted by atomic mass is 9.93. The monoisotopic (exact) mass is 500 g/mol. The zero-order valence-electron chi connectivity index (χ0n) is 20.5. The SMILES string of the molecule is COc1ccc(CNC(=O)[C@]2(C)Cn3nc(-c4cccs4)cc3C(=O)N2Cc2ccccc2C)cc1. The van der Waals surface area contributed by atoms with Crippen LogP contribution in [0.15, 0.2) is 72.1 Å². The highest BCUT2D eigenvalue weighted by molar-refractivity contribution is 7.13. The van der Waals surface area contributed by atoms with Gasteiger partial charge in [-0.2, -0.15) is 5.10 Å². The van der Waals surface area contributed by atoms with E-state index in [9.17, 15) is 9.59 Å². The number of hydrogen-bond acceptors (Lipinski definition) is 5. The zero-order chi connectivity index (χ0) is 25.3. The summed E-state index contributed by atoms with van der Waals surface area (Å²) < 4.78 is 6.90. The predicted octanol–water partition coefficient (Wildman–Crippen LogP) is 4.66. The molecule has 1 atom stereocenters. The summed E-state index contributed by atoms with van der Waals surface area (Å²) in [5, 5.41) is 9.74. The summed E-state index contributed by atoms with van der Waals surface area (Å²) in [7, 11) is 1.62. The Morgan fingerprint density at radius 2 is 1.92 bits per heavy atom.